The summed E-state index contributed by atoms with van der Waals surface area (Å²) in [4.78, 5) is 17.8. The van der Waals surface area contributed by atoms with Gasteiger partial charge in [-0.25, -0.2) is 0 Å². The number of thiophene rings is 1. The van der Waals surface area contributed by atoms with Crippen molar-refractivity contribution in [3.8, 4) is 5.75 Å². The summed E-state index contributed by atoms with van der Waals surface area (Å²) in [5.74, 6) is 1.00. The Kier molecular flexibility index (Phi) is 5.99. The van der Waals surface area contributed by atoms with Gasteiger partial charge in [-0.05, 0) is 49.2 Å². The van der Waals surface area contributed by atoms with Crippen LogP contribution in [0.15, 0.2) is 36.4 Å². The van der Waals surface area contributed by atoms with Crippen molar-refractivity contribution in [2.24, 2.45) is 0 Å². The van der Waals surface area contributed by atoms with Crippen molar-refractivity contribution >= 4 is 28.8 Å². The van der Waals surface area contributed by atoms with Gasteiger partial charge in [0.05, 0.1) is 24.5 Å². The number of likely N-dealkylation sites (N-methyl/N-ethyl adjacent to an activating group) is 1. The molecular formula is C19H23ClN2O2S. The van der Waals surface area contributed by atoms with Gasteiger partial charge < -0.3 is 9.64 Å². The lowest BCUT2D eigenvalue weighted by Crippen LogP contribution is -2.37. The third kappa shape index (κ3) is 4.54. The molecule has 1 aromatic heterocycles. The zero-order valence-corrected chi connectivity index (χ0v) is 16.1. The zero-order valence-electron chi connectivity index (χ0n) is 14.6. The number of halogens is 1. The Bertz CT molecular complexity index is 716. The van der Waals surface area contributed by atoms with Crippen molar-refractivity contribution in [1.29, 1.82) is 0 Å². The summed E-state index contributed by atoms with van der Waals surface area (Å²) in [5, 5.41) is 0. The number of amides is 1. The summed E-state index contributed by atoms with van der Waals surface area (Å²) in [6.07, 6.45) is 2.21. The molecular weight excluding hydrogens is 356 g/mol. The van der Waals surface area contributed by atoms with E-state index in [1.807, 2.05) is 31.3 Å². The predicted molar refractivity (Wildman–Crippen MR) is 102 cm³/mol. The summed E-state index contributed by atoms with van der Waals surface area (Å²) in [6, 6.07) is 12.3. The van der Waals surface area contributed by atoms with Gasteiger partial charge in [-0.3, -0.25) is 9.69 Å². The molecule has 0 unspecified atom stereocenters. The van der Waals surface area contributed by atoms with Crippen LogP contribution >= 0.6 is 22.9 Å². The van der Waals surface area contributed by atoms with Crippen LogP contribution in [0.5, 0.6) is 5.75 Å². The highest BCUT2D eigenvalue weighted by Crippen LogP contribution is 2.32. The van der Waals surface area contributed by atoms with Gasteiger partial charge in [0.15, 0.2) is 0 Å². The molecule has 25 heavy (non-hydrogen) atoms. The maximum Gasteiger partial charge on any atom is 0.236 e. The van der Waals surface area contributed by atoms with Gasteiger partial charge in [0, 0.05) is 18.0 Å². The van der Waals surface area contributed by atoms with E-state index in [2.05, 4.69) is 17.0 Å². The number of methoxy groups -OCH3 is 1. The zero-order chi connectivity index (χ0) is 17.8. The lowest BCUT2D eigenvalue weighted by atomic mass is 10.0. The number of benzene rings is 1. The lowest BCUT2D eigenvalue weighted by Gasteiger charge is -2.26. The molecule has 1 atom stereocenters. The second-order valence-electron chi connectivity index (χ2n) is 6.36. The summed E-state index contributed by atoms with van der Waals surface area (Å²) >= 11 is 7.49. The molecule has 1 saturated heterocycles. The van der Waals surface area contributed by atoms with E-state index in [9.17, 15) is 4.79 Å². The predicted octanol–water partition coefficient (Wildman–Crippen LogP) is 4.21. The highest BCUT2D eigenvalue weighted by atomic mass is 35.5. The van der Waals surface area contributed by atoms with Crippen molar-refractivity contribution in [3.63, 3.8) is 0 Å². The van der Waals surface area contributed by atoms with Crippen LogP contribution in [-0.2, 0) is 11.3 Å². The summed E-state index contributed by atoms with van der Waals surface area (Å²) < 4.78 is 5.99. The van der Waals surface area contributed by atoms with E-state index in [1.54, 1.807) is 12.0 Å². The average molecular weight is 379 g/mol. The van der Waals surface area contributed by atoms with Crippen LogP contribution in [-0.4, -0.2) is 43.0 Å². The molecule has 1 aliphatic heterocycles. The number of nitrogens with zero attached hydrogens (tertiary/aromatic N) is 2. The van der Waals surface area contributed by atoms with E-state index in [0.29, 0.717) is 19.1 Å². The topological polar surface area (TPSA) is 32.8 Å². The van der Waals surface area contributed by atoms with E-state index < -0.39 is 0 Å². The van der Waals surface area contributed by atoms with Crippen LogP contribution in [0.3, 0.4) is 0 Å². The molecule has 2 heterocycles. The van der Waals surface area contributed by atoms with E-state index in [-0.39, 0.29) is 5.91 Å². The van der Waals surface area contributed by atoms with E-state index in [1.165, 1.54) is 16.9 Å². The van der Waals surface area contributed by atoms with E-state index in [0.717, 1.165) is 34.3 Å². The molecule has 1 aromatic carbocycles. The fourth-order valence-electron chi connectivity index (χ4n) is 3.27. The Morgan fingerprint density at radius 2 is 2.08 bits per heavy atom. The lowest BCUT2D eigenvalue weighted by molar-refractivity contribution is -0.131. The first-order valence-corrected chi connectivity index (χ1v) is 9.62. The van der Waals surface area contributed by atoms with Gasteiger partial charge in [0.2, 0.25) is 5.91 Å². The first-order valence-electron chi connectivity index (χ1n) is 8.43. The molecule has 2 aromatic rings. The second kappa shape index (κ2) is 8.21. The third-order valence-electron chi connectivity index (χ3n) is 4.65. The number of carbonyl (C=O) groups is 1. The van der Waals surface area contributed by atoms with Crippen LogP contribution < -0.4 is 4.74 Å². The van der Waals surface area contributed by atoms with E-state index >= 15 is 0 Å². The average Bonchev–Trinajstić information content (AvgIpc) is 3.24. The van der Waals surface area contributed by atoms with Gasteiger partial charge in [0.25, 0.3) is 0 Å². The van der Waals surface area contributed by atoms with Gasteiger partial charge in [-0.2, -0.15) is 0 Å². The van der Waals surface area contributed by atoms with Crippen molar-refractivity contribution < 1.29 is 9.53 Å². The molecule has 4 nitrogen and oxygen atoms in total. The molecule has 0 aliphatic carbocycles. The highest BCUT2D eigenvalue weighted by Gasteiger charge is 2.28. The molecule has 0 saturated carbocycles. The Hall–Kier alpha value is -1.56. The normalized spacial score (nSPS) is 17.6. The molecule has 1 aliphatic rings. The number of carbonyl (C=O) groups excluding carboxylic acids is 1. The first kappa shape index (κ1) is 18.2. The maximum absolute atomic E-state index is 12.6. The van der Waals surface area contributed by atoms with Crippen molar-refractivity contribution in [2.75, 3.05) is 27.2 Å². The second-order valence-corrected chi connectivity index (χ2v) is 8.16. The van der Waals surface area contributed by atoms with Gasteiger partial charge in [0.1, 0.15) is 5.75 Å². The fraction of sp³-hybridized carbons (Fsp3) is 0.421. The maximum atomic E-state index is 12.6. The third-order valence-corrected chi connectivity index (χ3v) is 5.87. The quantitative estimate of drug-likeness (QED) is 0.755. The summed E-state index contributed by atoms with van der Waals surface area (Å²) in [5.41, 5.74) is 1.25. The molecule has 0 spiro atoms. The Morgan fingerprint density at radius 3 is 2.72 bits per heavy atom. The Morgan fingerprint density at radius 1 is 1.32 bits per heavy atom. The molecule has 3 rings (SSSR count). The van der Waals surface area contributed by atoms with Crippen LogP contribution in [0, 0.1) is 0 Å². The monoisotopic (exact) mass is 378 g/mol. The van der Waals surface area contributed by atoms with Gasteiger partial charge >= 0.3 is 0 Å². The number of hydrogen-bond acceptors (Lipinski definition) is 4. The molecule has 0 bridgehead atoms. The van der Waals surface area contributed by atoms with Crippen LogP contribution in [0.2, 0.25) is 4.34 Å². The Labute approximate surface area is 158 Å². The summed E-state index contributed by atoms with van der Waals surface area (Å²) in [7, 11) is 3.53. The molecule has 0 N–H and O–H groups in total. The standard InChI is InChI=1S/C19H23ClN2O2S/c1-21(12-16-9-10-18(20)25-16)19(23)13-22-11-3-4-17(22)14-5-7-15(24-2)8-6-14/h5-10,17H,3-4,11-13H2,1-2H3/t17-/m1/s1. The smallest absolute Gasteiger partial charge is 0.236 e. The van der Waals surface area contributed by atoms with Crippen LogP contribution in [0.1, 0.15) is 29.3 Å². The first-order chi connectivity index (χ1) is 12.1. The minimum absolute atomic E-state index is 0.143. The number of rotatable bonds is 6. The Balaban J connectivity index is 1.60. The number of likely N-dealkylation sites (tertiary alicyclic amines) is 1. The summed E-state index contributed by atoms with van der Waals surface area (Å²) in [6.45, 7) is 2.02. The molecule has 134 valence electrons. The van der Waals surface area contributed by atoms with E-state index in [4.69, 9.17) is 16.3 Å². The largest absolute Gasteiger partial charge is 0.497 e. The van der Waals surface area contributed by atoms with Crippen molar-refractivity contribution in [1.82, 2.24) is 9.80 Å². The molecule has 0 radical (unpaired) electrons. The fourth-order valence-corrected chi connectivity index (χ4v) is 4.41. The van der Waals surface area contributed by atoms with Crippen molar-refractivity contribution in [3.05, 3.63) is 51.2 Å². The highest BCUT2D eigenvalue weighted by molar-refractivity contribution is 7.16. The van der Waals surface area contributed by atoms with Gasteiger partial charge in [-0.1, -0.05) is 23.7 Å². The van der Waals surface area contributed by atoms with Gasteiger partial charge in [-0.15, -0.1) is 11.3 Å². The SMILES string of the molecule is COc1ccc([C@H]2CCCN2CC(=O)N(C)Cc2ccc(Cl)s2)cc1. The minimum Gasteiger partial charge on any atom is -0.497 e. The number of ether oxygens (including phenoxy) is 1. The number of hydrogen-bond donors (Lipinski definition) is 0. The van der Waals surface area contributed by atoms with Crippen molar-refractivity contribution in [2.45, 2.75) is 25.4 Å². The van der Waals surface area contributed by atoms with Crippen LogP contribution in [0.25, 0.3) is 0 Å². The minimum atomic E-state index is 0.143. The molecule has 6 heteroatoms. The van der Waals surface area contributed by atoms with Crippen LogP contribution in [0.4, 0.5) is 0 Å². The molecule has 1 amide bonds. The molecule has 1 fully saturated rings.